The number of ether oxygens (including phenoxy) is 1. The zero-order valence-electron chi connectivity index (χ0n) is 8.72. The van der Waals surface area contributed by atoms with E-state index in [-0.39, 0.29) is 10.8 Å². The van der Waals surface area contributed by atoms with Crippen molar-refractivity contribution in [2.45, 2.75) is 18.9 Å². The Morgan fingerprint density at radius 1 is 1.47 bits per heavy atom. The summed E-state index contributed by atoms with van der Waals surface area (Å²) in [7, 11) is 0. The van der Waals surface area contributed by atoms with Crippen LogP contribution in [-0.4, -0.2) is 17.9 Å². The monoisotopic (exact) mass is 283 g/mol. The van der Waals surface area contributed by atoms with Gasteiger partial charge in [0.1, 0.15) is 11.1 Å². The first-order valence-corrected chi connectivity index (χ1v) is 5.41. The summed E-state index contributed by atoms with van der Waals surface area (Å²) in [5.41, 5.74) is 0.356. The van der Waals surface area contributed by atoms with E-state index in [9.17, 15) is 13.6 Å². The Balaban J connectivity index is 2.78. The maximum Gasteiger partial charge on any atom is 0.387 e. The van der Waals surface area contributed by atoms with Crippen LogP contribution in [0.2, 0.25) is 5.02 Å². The van der Waals surface area contributed by atoms with Gasteiger partial charge < -0.3 is 10.1 Å². The molecule has 17 heavy (non-hydrogen) atoms. The molecule has 0 aliphatic heterocycles. The lowest BCUT2D eigenvalue weighted by atomic mass is 10.3. The van der Waals surface area contributed by atoms with E-state index >= 15 is 0 Å². The molecule has 3 nitrogen and oxygen atoms in total. The number of hydrogen-bond donors (Lipinski definition) is 1. The van der Waals surface area contributed by atoms with E-state index in [0.717, 1.165) is 0 Å². The van der Waals surface area contributed by atoms with Gasteiger partial charge in [-0.3, -0.25) is 4.79 Å². The van der Waals surface area contributed by atoms with Gasteiger partial charge in [-0.05, 0) is 25.1 Å². The molecule has 7 heteroatoms. The number of amides is 1. The van der Waals surface area contributed by atoms with E-state index in [1.807, 2.05) is 0 Å². The Hall–Kier alpha value is -1.07. The van der Waals surface area contributed by atoms with Gasteiger partial charge in [0.25, 0.3) is 0 Å². The minimum atomic E-state index is -2.95. The van der Waals surface area contributed by atoms with E-state index in [0.29, 0.717) is 5.69 Å². The smallest absolute Gasteiger partial charge is 0.387 e. The van der Waals surface area contributed by atoms with Crippen molar-refractivity contribution in [3.8, 4) is 5.75 Å². The standard InChI is InChI=1S/C10H9Cl2F2NO2/c1-5(11)9(16)15-6-2-3-8(7(12)4-6)17-10(13)14/h2-5,10H,1H3,(H,15,16)/t5-/m0/s1. The van der Waals surface area contributed by atoms with Crippen LogP contribution in [0.4, 0.5) is 14.5 Å². The van der Waals surface area contributed by atoms with Crippen LogP contribution in [-0.2, 0) is 4.79 Å². The molecule has 94 valence electrons. The second-order valence-corrected chi connectivity index (χ2v) is 4.19. The molecule has 1 aromatic carbocycles. The number of carbonyl (C=O) groups is 1. The van der Waals surface area contributed by atoms with Crippen molar-refractivity contribution in [1.29, 1.82) is 0 Å². The molecule has 1 rings (SSSR count). The fourth-order valence-electron chi connectivity index (χ4n) is 1.01. The van der Waals surface area contributed by atoms with Gasteiger partial charge in [-0.15, -0.1) is 11.6 Å². The van der Waals surface area contributed by atoms with Crippen molar-refractivity contribution in [2.75, 3.05) is 5.32 Å². The van der Waals surface area contributed by atoms with Crippen LogP contribution < -0.4 is 10.1 Å². The molecule has 0 heterocycles. The van der Waals surface area contributed by atoms with Crippen molar-refractivity contribution in [3.63, 3.8) is 0 Å². The average molecular weight is 284 g/mol. The Morgan fingerprint density at radius 3 is 2.59 bits per heavy atom. The van der Waals surface area contributed by atoms with Gasteiger partial charge in [0, 0.05) is 5.69 Å². The van der Waals surface area contributed by atoms with Crippen LogP contribution in [0.1, 0.15) is 6.92 Å². The van der Waals surface area contributed by atoms with E-state index in [1.54, 1.807) is 0 Å². The first-order chi connectivity index (χ1) is 7.90. The highest BCUT2D eigenvalue weighted by atomic mass is 35.5. The summed E-state index contributed by atoms with van der Waals surface area (Å²) in [5, 5.41) is 1.74. The SMILES string of the molecule is C[C@H](Cl)C(=O)Nc1ccc(OC(F)F)c(Cl)c1. The van der Waals surface area contributed by atoms with Gasteiger partial charge in [0.15, 0.2) is 0 Å². The summed E-state index contributed by atoms with van der Waals surface area (Å²) >= 11 is 11.2. The topological polar surface area (TPSA) is 38.3 Å². The Labute approximate surface area is 107 Å². The summed E-state index contributed by atoms with van der Waals surface area (Å²) in [5.74, 6) is -0.566. The van der Waals surface area contributed by atoms with Crippen LogP contribution >= 0.6 is 23.2 Å². The Morgan fingerprint density at radius 2 is 2.12 bits per heavy atom. The molecule has 0 unspecified atom stereocenters. The van der Waals surface area contributed by atoms with Crippen LogP contribution in [0.15, 0.2) is 18.2 Å². The number of alkyl halides is 3. The molecule has 1 amide bonds. The molecule has 0 radical (unpaired) electrons. The highest BCUT2D eigenvalue weighted by Crippen LogP contribution is 2.29. The lowest BCUT2D eigenvalue weighted by Crippen LogP contribution is -2.20. The van der Waals surface area contributed by atoms with Crippen molar-refractivity contribution >= 4 is 34.8 Å². The van der Waals surface area contributed by atoms with Gasteiger partial charge in [0.2, 0.25) is 5.91 Å². The van der Waals surface area contributed by atoms with Crippen LogP contribution in [0.25, 0.3) is 0 Å². The number of hydrogen-bond acceptors (Lipinski definition) is 2. The van der Waals surface area contributed by atoms with E-state index in [4.69, 9.17) is 23.2 Å². The first-order valence-electron chi connectivity index (χ1n) is 4.59. The lowest BCUT2D eigenvalue weighted by Gasteiger charge is -2.10. The van der Waals surface area contributed by atoms with E-state index in [1.165, 1.54) is 25.1 Å². The minimum Gasteiger partial charge on any atom is -0.433 e. The molecule has 0 saturated heterocycles. The Kier molecular flexibility index (Phi) is 4.96. The maximum atomic E-state index is 11.9. The van der Waals surface area contributed by atoms with Gasteiger partial charge >= 0.3 is 6.61 Å². The van der Waals surface area contributed by atoms with Crippen LogP contribution in [0.5, 0.6) is 5.75 Å². The normalized spacial score (nSPS) is 12.4. The van der Waals surface area contributed by atoms with E-state index in [2.05, 4.69) is 10.1 Å². The second kappa shape index (κ2) is 6.02. The number of benzene rings is 1. The van der Waals surface area contributed by atoms with Crippen molar-refractivity contribution < 1.29 is 18.3 Å². The van der Waals surface area contributed by atoms with Gasteiger partial charge in [-0.2, -0.15) is 8.78 Å². The molecule has 1 aromatic rings. The molecule has 0 fully saturated rings. The van der Waals surface area contributed by atoms with Gasteiger partial charge in [-0.1, -0.05) is 11.6 Å². The van der Waals surface area contributed by atoms with Crippen molar-refractivity contribution in [3.05, 3.63) is 23.2 Å². The molecule has 0 aliphatic rings. The number of rotatable bonds is 4. The summed E-state index contributed by atoms with van der Waals surface area (Å²) in [4.78, 5) is 11.2. The minimum absolute atomic E-state index is 0.0228. The quantitative estimate of drug-likeness (QED) is 0.859. The number of halogens is 4. The first kappa shape index (κ1) is 14.0. The lowest BCUT2D eigenvalue weighted by molar-refractivity contribution is -0.115. The molecule has 0 spiro atoms. The molecule has 1 N–H and O–H groups in total. The third kappa shape index (κ3) is 4.36. The molecule has 0 aliphatic carbocycles. The van der Waals surface area contributed by atoms with Gasteiger partial charge in [0.05, 0.1) is 5.02 Å². The third-order valence-electron chi connectivity index (χ3n) is 1.78. The predicted octanol–water partition coefficient (Wildman–Crippen LogP) is 3.51. The molecular formula is C10H9Cl2F2NO2. The molecule has 0 bridgehead atoms. The summed E-state index contributed by atoms with van der Waals surface area (Å²) < 4.78 is 28.0. The third-order valence-corrected chi connectivity index (χ3v) is 2.27. The largest absolute Gasteiger partial charge is 0.433 e. The number of carbonyl (C=O) groups excluding carboxylic acids is 1. The number of anilines is 1. The zero-order valence-corrected chi connectivity index (χ0v) is 10.2. The second-order valence-electron chi connectivity index (χ2n) is 3.13. The molecule has 0 saturated carbocycles. The van der Waals surface area contributed by atoms with Crippen molar-refractivity contribution in [1.82, 2.24) is 0 Å². The highest BCUT2D eigenvalue weighted by molar-refractivity contribution is 6.33. The average Bonchev–Trinajstić information content (AvgIpc) is 2.21. The maximum absolute atomic E-state index is 11.9. The summed E-state index contributed by atoms with van der Waals surface area (Å²) in [6.45, 7) is -1.44. The van der Waals surface area contributed by atoms with Crippen LogP contribution in [0, 0.1) is 0 Å². The highest BCUT2D eigenvalue weighted by Gasteiger charge is 2.12. The van der Waals surface area contributed by atoms with Crippen LogP contribution in [0.3, 0.4) is 0 Å². The number of nitrogens with one attached hydrogen (secondary N) is 1. The van der Waals surface area contributed by atoms with Gasteiger partial charge in [-0.25, -0.2) is 0 Å². The molecule has 0 aromatic heterocycles. The van der Waals surface area contributed by atoms with E-state index < -0.39 is 17.9 Å². The molecular weight excluding hydrogens is 275 g/mol. The predicted molar refractivity (Wildman–Crippen MR) is 62.0 cm³/mol. The zero-order chi connectivity index (χ0) is 13.0. The molecule has 1 atom stereocenters. The fraction of sp³-hybridized carbons (Fsp3) is 0.300. The summed E-state index contributed by atoms with van der Waals surface area (Å²) in [6.07, 6.45) is 0. The Bertz CT molecular complexity index is 413. The summed E-state index contributed by atoms with van der Waals surface area (Å²) in [6, 6.07) is 3.93. The fourth-order valence-corrected chi connectivity index (χ4v) is 1.29. The van der Waals surface area contributed by atoms with Crippen molar-refractivity contribution in [2.24, 2.45) is 0 Å².